The van der Waals surface area contributed by atoms with Gasteiger partial charge in [0.05, 0.1) is 11.1 Å². The van der Waals surface area contributed by atoms with Crippen molar-refractivity contribution < 1.29 is 4.79 Å². The van der Waals surface area contributed by atoms with Gasteiger partial charge in [-0.15, -0.1) is 0 Å². The summed E-state index contributed by atoms with van der Waals surface area (Å²) in [5, 5.41) is 4.13. The Balaban J connectivity index is 1.71. The summed E-state index contributed by atoms with van der Waals surface area (Å²) in [5.74, 6) is 0.598. The number of amides is 1. The number of hydrogen-bond donors (Lipinski definition) is 3. The van der Waals surface area contributed by atoms with Gasteiger partial charge in [0.25, 0.3) is 5.91 Å². The Labute approximate surface area is 141 Å². The molecule has 3 aromatic rings. The van der Waals surface area contributed by atoms with E-state index in [0.717, 1.165) is 24.0 Å². The number of para-hydroxylation sites is 1. The Hall–Kier alpha value is -2.75. The van der Waals surface area contributed by atoms with E-state index in [9.17, 15) is 4.79 Å². The summed E-state index contributed by atoms with van der Waals surface area (Å²) < 4.78 is 0. The molecule has 0 saturated carbocycles. The lowest BCUT2D eigenvalue weighted by atomic mass is 9.87. The molecule has 0 aliphatic heterocycles. The summed E-state index contributed by atoms with van der Waals surface area (Å²) >= 11 is 0. The minimum Gasteiger partial charge on any atom is -0.399 e. The van der Waals surface area contributed by atoms with Gasteiger partial charge in [0.15, 0.2) is 0 Å². The first-order valence-corrected chi connectivity index (χ1v) is 8.41. The lowest BCUT2D eigenvalue weighted by Gasteiger charge is -2.17. The molecule has 4 nitrogen and oxygen atoms in total. The molecule has 4 rings (SSSR count). The van der Waals surface area contributed by atoms with Crippen LogP contribution in [0, 0.1) is 5.92 Å². The van der Waals surface area contributed by atoms with Crippen LogP contribution in [0.15, 0.2) is 42.5 Å². The first kappa shape index (κ1) is 14.8. The number of hydrogen-bond acceptors (Lipinski definition) is 2. The van der Waals surface area contributed by atoms with Crippen molar-refractivity contribution in [3.05, 3.63) is 59.3 Å². The standard InChI is InChI=1S/C20H21N3O/c1-12-5-10-18-17(11-12)15-3-2-4-16(19(15)23-18)20(24)22-14-8-6-13(21)7-9-14/h2-4,6-9,12,23H,5,10-11,21H2,1H3,(H,22,24). The number of aromatic nitrogens is 1. The third-order valence-electron chi connectivity index (χ3n) is 4.88. The zero-order valence-corrected chi connectivity index (χ0v) is 13.7. The quantitative estimate of drug-likeness (QED) is 0.622. The highest BCUT2D eigenvalue weighted by Crippen LogP contribution is 2.33. The average molecular weight is 319 g/mol. The van der Waals surface area contributed by atoms with Crippen molar-refractivity contribution in [2.45, 2.75) is 26.2 Å². The summed E-state index contributed by atoms with van der Waals surface area (Å²) in [4.78, 5) is 16.2. The Kier molecular flexibility index (Phi) is 3.53. The van der Waals surface area contributed by atoms with Crippen LogP contribution in [0.1, 0.15) is 35.0 Å². The molecular weight excluding hydrogens is 298 g/mol. The van der Waals surface area contributed by atoms with Crippen molar-refractivity contribution >= 4 is 28.2 Å². The molecular formula is C20H21N3O. The van der Waals surface area contributed by atoms with Crippen LogP contribution in [0.4, 0.5) is 11.4 Å². The first-order chi connectivity index (χ1) is 11.6. The monoisotopic (exact) mass is 319 g/mol. The van der Waals surface area contributed by atoms with Crippen LogP contribution < -0.4 is 11.1 Å². The van der Waals surface area contributed by atoms with Crippen LogP contribution in [0.2, 0.25) is 0 Å². The molecule has 1 heterocycles. The molecule has 0 spiro atoms. The van der Waals surface area contributed by atoms with E-state index >= 15 is 0 Å². The lowest BCUT2D eigenvalue weighted by Crippen LogP contribution is -2.12. The fourth-order valence-corrected chi connectivity index (χ4v) is 3.57. The molecule has 1 aromatic heterocycles. The Morgan fingerprint density at radius 1 is 1.21 bits per heavy atom. The van der Waals surface area contributed by atoms with Gasteiger partial charge in [0.2, 0.25) is 0 Å². The molecule has 1 aliphatic rings. The predicted octanol–water partition coefficient (Wildman–Crippen LogP) is 4.13. The van der Waals surface area contributed by atoms with Crippen LogP contribution in [-0.2, 0) is 12.8 Å². The van der Waals surface area contributed by atoms with Gasteiger partial charge in [-0.3, -0.25) is 4.79 Å². The Morgan fingerprint density at radius 3 is 2.79 bits per heavy atom. The first-order valence-electron chi connectivity index (χ1n) is 8.41. The fraction of sp³-hybridized carbons (Fsp3) is 0.250. The Morgan fingerprint density at radius 2 is 2.00 bits per heavy atom. The number of carbonyl (C=O) groups excluding carboxylic acids is 1. The molecule has 122 valence electrons. The second kappa shape index (κ2) is 5.71. The van der Waals surface area contributed by atoms with Gasteiger partial charge < -0.3 is 16.0 Å². The number of rotatable bonds is 2. The molecule has 1 unspecified atom stereocenters. The average Bonchev–Trinajstić information content (AvgIpc) is 2.95. The molecule has 4 heteroatoms. The molecule has 0 radical (unpaired) electrons. The van der Waals surface area contributed by atoms with Crippen LogP contribution in [0.25, 0.3) is 10.9 Å². The van der Waals surface area contributed by atoms with Gasteiger partial charge in [0, 0.05) is 22.5 Å². The van der Waals surface area contributed by atoms with Crippen molar-refractivity contribution in [2.75, 3.05) is 11.1 Å². The van der Waals surface area contributed by atoms with Crippen molar-refractivity contribution in [2.24, 2.45) is 5.92 Å². The van der Waals surface area contributed by atoms with Crippen molar-refractivity contribution in [3.63, 3.8) is 0 Å². The van der Waals surface area contributed by atoms with Crippen LogP contribution in [0.5, 0.6) is 0 Å². The van der Waals surface area contributed by atoms with Crippen LogP contribution >= 0.6 is 0 Å². The molecule has 1 amide bonds. The molecule has 1 aliphatic carbocycles. The highest BCUT2D eigenvalue weighted by molar-refractivity contribution is 6.12. The van der Waals surface area contributed by atoms with Crippen molar-refractivity contribution in [3.8, 4) is 0 Å². The van der Waals surface area contributed by atoms with Gasteiger partial charge in [-0.1, -0.05) is 19.1 Å². The van der Waals surface area contributed by atoms with E-state index in [1.54, 1.807) is 12.1 Å². The van der Waals surface area contributed by atoms with E-state index in [2.05, 4.69) is 23.3 Å². The molecule has 0 fully saturated rings. The summed E-state index contributed by atoms with van der Waals surface area (Å²) in [6.45, 7) is 2.29. The van der Waals surface area contributed by atoms with E-state index in [1.807, 2.05) is 24.3 Å². The number of carbonyl (C=O) groups is 1. The van der Waals surface area contributed by atoms with E-state index in [4.69, 9.17) is 5.73 Å². The zero-order valence-electron chi connectivity index (χ0n) is 13.7. The second-order valence-electron chi connectivity index (χ2n) is 6.73. The normalized spacial score (nSPS) is 16.8. The van der Waals surface area contributed by atoms with E-state index in [-0.39, 0.29) is 5.91 Å². The number of nitrogens with one attached hydrogen (secondary N) is 2. The van der Waals surface area contributed by atoms with Gasteiger partial charge in [0.1, 0.15) is 0 Å². The minimum absolute atomic E-state index is 0.1000. The van der Waals surface area contributed by atoms with Crippen LogP contribution in [-0.4, -0.2) is 10.9 Å². The van der Waals surface area contributed by atoms with Gasteiger partial charge >= 0.3 is 0 Å². The zero-order chi connectivity index (χ0) is 16.7. The number of fused-ring (bicyclic) bond motifs is 3. The van der Waals surface area contributed by atoms with Gasteiger partial charge in [-0.2, -0.15) is 0 Å². The number of aryl methyl sites for hydroxylation is 1. The van der Waals surface area contributed by atoms with Gasteiger partial charge in [-0.05, 0) is 61.1 Å². The summed E-state index contributed by atoms with van der Waals surface area (Å²) in [7, 11) is 0. The highest BCUT2D eigenvalue weighted by atomic mass is 16.1. The molecule has 1 atom stereocenters. The minimum atomic E-state index is -0.1000. The number of aromatic amines is 1. The molecule has 0 saturated heterocycles. The molecule has 24 heavy (non-hydrogen) atoms. The number of anilines is 2. The fourth-order valence-electron chi connectivity index (χ4n) is 3.57. The largest absolute Gasteiger partial charge is 0.399 e. The number of H-pyrrole nitrogens is 1. The number of benzene rings is 2. The van der Waals surface area contributed by atoms with Gasteiger partial charge in [-0.25, -0.2) is 0 Å². The van der Waals surface area contributed by atoms with E-state index in [0.29, 0.717) is 17.2 Å². The third-order valence-corrected chi connectivity index (χ3v) is 4.88. The third kappa shape index (κ3) is 2.54. The highest BCUT2D eigenvalue weighted by Gasteiger charge is 2.22. The summed E-state index contributed by atoms with van der Waals surface area (Å²) in [6, 6.07) is 13.1. The summed E-state index contributed by atoms with van der Waals surface area (Å²) in [6.07, 6.45) is 3.34. The van der Waals surface area contributed by atoms with E-state index in [1.165, 1.54) is 23.1 Å². The second-order valence-corrected chi connectivity index (χ2v) is 6.73. The maximum absolute atomic E-state index is 12.7. The van der Waals surface area contributed by atoms with Crippen LogP contribution in [0.3, 0.4) is 0 Å². The summed E-state index contributed by atoms with van der Waals surface area (Å²) in [5.41, 5.74) is 11.4. The van der Waals surface area contributed by atoms with Crippen molar-refractivity contribution in [1.82, 2.24) is 4.98 Å². The molecule has 0 bridgehead atoms. The maximum Gasteiger partial charge on any atom is 0.257 e. The molecule has 2 aromatic carbocycles. The van der Waals surface area contributed by atoms with E-state index < -0.39 is 0 Å². The maximum atomic E-state index is 12.7. The lowest BCUT2D eigenvalue weighted by molar-refractivity contribution is 0.102. The molecule has 4 N–H and O–H groups in total. The number of nitrogen functional groups attached to an aromatic ring is 1. The topological polar surface area (TPSA) is 70.9 Å². The Bertz CT molecular complexity index is 909. The smallest absolute Gasteiger partial charge is 0.257 e. The number of nitrogens with two attached hydrogens (primary N) is 1. The SMILES string of the molecule is CC1CCc2[nH]c3c(C(=O)Nc4ccc(N)cc4)cccc3c2C1. The predicted molar refractivity (Wildman–Crippen MR) is 98.3 cm³/mol. The van der Waals surface area contributed by atoms with Crippen molar-refractivity contribution in [1.29, 1.82) is 0 Å².